The van der Waals surface area contributed by atoms with Gasteiger partial charge in [0.15, 0.2) is 5.76 Å². The zero-order valence-electron chi connectivity index (χ0n) is 17.8. The summed E-state index contributed by atoms with van der Waals surface area (Å²) in [6.45, 7) is 2.39. The minimum Gasteiger partial charge on any atom is -0.503 e. The summed E-state index contributed by atoms with van der Waals surface area (Å²) in [7, 11) is 3.23. The fraction of sp³-hybridized carbons (Fsp3) is 0.192. The molecule has 3 aromatic carbocycles. The number of hydrogen-bond donors (Lipinski definition) is 1. The van der Waals surface area contributed by atoms with Crippen molar-refractivity contribution in [2.45, 2.75) is 19.5 Å². The molecule has 1 aliphatic heterocycles. The Kier molecular flexibility index (Phi) is 5.67. The van der Waals surface area contributed by atoms with Gasteiger partial charge in [-0.05, 0) is 47.9 Å². The van der Waals surface area contributed by atoms with E-state index in [0.717, 1.165) is 33.8 Å². The highest BCUT2D eigenvalue weighted by molar-refractivity contribution is 6.05. The summed E-state index contributed by atoms with van der Waals surface area (Å²) < 4.78 is 10.5. The number of aliphatic hydroxyl groups excluding tert-OH is 1. The standard InChI is InChI=1S/C26H25NO4/c1-17-4-8-20(9-5-17)24-23(19-10-14-22(31-3)15-11-19)25(28)26(29)27(24)16-18-6-12-21(30-2)13-7-18/h4-15,24,28H,16H2,1-3H3. The lowest BCUT2D eigenvalue weighted by atomic mass is 9.93. The maximum atomic E-state index is 13.2. The number of aryl methyl sites for hydroxylation is 1. The van der Waals surface area contributed by atoms with Gasteiger partial charge in [0.25, 0.3) is 5.91 Å². The smallest absolute Gasteiger partial charge is 0.290 e. The van der Waals surface area contributed by atoms with Gasteiger partial charge in [0, 0.05) is 12.1 Å². The number of ether oxygens (including phenoxy) is 2. The minimum absolute atomic E-state index is 0.218. The molecule has 0 aromatic heterocycles. The topological polar surface area (TPSA) is 59.0 Å². The second-order valence-corrected chi connectivity index (χ2v) is 7.59. The van der Waals surface area contributed by atoms with Gasteiger partial charge in [-0.3, -0.25) is 4.79 Å². The Hall–Kier alpha value is -3.73. The van der Waals surface area contributed by atoms with Crippen LogP contribution in [-0.2, 0) is 11.3 Å². The average Bonchev–Trinajstić information content (AvgIpc) is 3.05. The molecular weight excluding hydrogens is 390 g/mol. The fourth-order valence-electron chi connectivity index (χ4n) is 3.91. The molecule has 0 fully saturated rings. The van der Waals surface area contributed by atoms with E-state index in [1.165, 1.54) is 0 Å². The first-order valence-electron chi connectivity index (χ1n) is 10.1. The van der Waals surface area contributed by atoms with Crippen LogP contribution >= 0.6 is 0 Å². The van der Waals surface area contributed by atoms with Crippen LogP contribution in [0.2, 0.25) is 0 Å². The number of methoxy groups -OCH3 is 2. The summed E-state index contributed by atoms with van der Waals surface area (Å²) in [5.74, 6) is 0.873. The van der Waals surface area contributed by atoms with Crippen LogP contribution in [0, 0.1) is 6.92 Å². The van der Waals surface area contributed by atoms with E-state index in [1.807, 2.05) is 79.7 Å². The van der Waals surface area contributed by atoms with E-state index in [0.29, 0.717) is 12.1 Å². The highest BCUT2D eigenvalue weighted by Crippen LogP contribution is 2.44. The van der Waals surface area contributed by atoms with Gasteiger partial charge >= 0.3 is 0 Å². The van der Waals surface area contributed by atoms with E-state index in [1.54, 1.807) is 19.1 Å². The van der Waals surface area contributed by atoms with Crippen LogP contribution in [-0.4, -0.2) is 30.1 Å². The molecule has 0 saturated carbocycles. The number of aliphatic hydroxyl groups is 1. The van der Waals surface area contributed by atoms with Crippen molar-refractivity contribution in [2.75, 3.05) is 14.2 Å². The molecule has 31 heavy (non-hydrogen) atoms. The van der Waals surface area contributed by atoms with Crippen molar-refractivity contribution in [2.24, 2.45) is 0 Å². The molecule has 5 nitrogen and oxygen atoms in total. The summed E-state index contributed by atoms with van der Waals surface area (Å²) in [5, 5.41) is 10.9. The summed E-state index contributed by atoms with van der Waals surface area (Å²) in [6.07, 6.45) is 0. The molecule has 1 aliphatic rings. The molecule has 1 unspecified atom stereocenters. The first kappa shape index (κ1) is 20.5. The van der Waals surface area contributed by atoms with Crippen LogP contribution in [0.4, 0.5) is 0 Å². The van der Waals surface area contributed by atoms with Gasteiger partial charge in [0.1, 0.15) is 11.5 Å². The van der Waals surface area contributed by atoms with Crippen LogP contribution in [0.15, 0.2) is 78.6 Å². The van der Waals surface area contributed by atoms with Crippen molar-refractivity contribution in [1.82, 2.24) is 4.90 Å². The first-order chi connectivity index (χ1) is 15.0. The van der Waals surface area contributed by atoms with Gasteiger partial charge in [0.2, 0.25) is 0 Å². The number of carbonyl (C=O) groups excluding carboxylic acids is 1. The van der Waals surface area contributed by atoms with Crippen LogP contribution in [0.5, 0.6) is 11.5 Å². The Morgan fingerprint density at radius 2 is 1.39 bits per heavy atom. The second-order valence-electron chi connectivity index (χ2n) is 7.59. The van der Waals surface area contributed by atoms with Gasteiger partial charge in [-0.25, -0.2) is 0 Å². The maximum absolute atomic E-state index is 13.2. The third-order valence-corrected chi connectivity index (χ3v) is 5.61. The van der Waals surface area contributed by atoms with Gasteiger partial charge in [0.05, 0.1) is 20.3 Å². The van der Waals surface area contributed by atoms with Crippen molar-refractivity contribution >= 4 is 11.5 Å². The second kappa shape index (κ2) is 8.56. The highest BCUT2D eigenvalue weighted by atomic mass is 16.5. The highest BCUT2D eigenvalue weighted by Gasteiger charge is 2.40. The molecule has 0 bridgehead atoms. The van der Waals surface area contributed by atoms with Crippen molar-refractivity contribution < 1.29 is 19.4 Å². The summed E-state index contributed by atoms with van der Waals surface area (Å²) in [5.41, 5.74) is 4.42. The van der Waals surface area contributed by atoms with E-state index in [4.69, 9.17) is 9.47 Å². The Bertz CT molecular complexity index is 1100. The molecule has 1 heterocycles. The molecule has 1 amide bonds. The summed E-state index contributed by atoms with van der Waals surface area (Å²) in [6, 6.07) is 22.7. The van der Waals surface area contributed by atoms with Crippen LogP contribution in [0.1, 0.15) is 28.3 Å². The SMILES string of the molecule is COc1ccc(CN2C(=O)C(O)=C(c3ccc(OC)cc3)C2c2ccc(C)cc2)cc1. The third kappa shape index (κ3) is 3.99. The Morgan fingerprint density at radius 3 is 1.94 bits per heavy atom. The zero-order chi connectivity index (χ0) is 22.0. The van der Waals surface area contributed by atoms with E-state index in [-0.39, 0.29) is 11.7 Å². The molecule has 0 saturated heterocycles. The van der Waals surface area contributed by atoms with E-state index >= 15 is 0 Å². The molecule has 0 aliphatic carbocycles. The van der Waals surface area contributed by atoms with Gasteiger partial charge < -0.3 is 19.5 Å². The maximum Gasteiger partial charge on any atom is 0.290 e. The van der Waals surface area contributed by atoms with Crippen molar-refractivity contribution in [3.8, 4) is 11.5 Å². The largest absolute Gasteiger partial charge is 0.503 e. The number of rotatable bonds is 6. The van der Waals surface area contributed by atoms with Gasteiger partial charge in [-0.2, -0.15) is 0 Å². The normalized spacial score (nSPS) is 16.0. The lowest BCUT2D eigenvalue weighted by Gasteiger charge is -2.27. The molecule has 5 heteroatoms. The molecular formula is C26H25NO4. The van der Waals surface area contributed by atoms with E-state index < -0.39 is 6.04 Å². The lowest BCUT2D eigenvalue weighted by molar-refractivity contribution is -0.130. The van der Waals surface area contributed by atoms with Crippen LogP contribution < -0.4 is 9.47 Å². The van der Waals surface area contributed by atoms with Gasteiger partial charge in [-0.15, -0.1) is 0 Å². The molecule has 1 atom stereocenters. The lowest BCUT2D eigenvalue weighted by Crippen LogP contribution is -2.29. The quantitative estimate of drug-likeness (QED) is 0.611. The monoisotopic (exact) mass is 415 g/mol. The van der Waals surface area contributed by atoms with E-state index in [9.17, 15) is 9.90 Å². The molecule has 1 N–H and O–H groups in total. The Balaban J connectivity index is 1.76. The molecule has 0 spiro atoms. The fourth-order valence-corrected chi connectivity index (χ4v) is 3.91. The Labute approximate surface area is 182 Å². The van der Waals surface area contributed by atoms with Gasteiger partial charge in [-0.1, -0.05) is 54.1 Å². The average molecular weight is 415 g/mol. The molecule has 4 rings (SSSR count). The number of hydrogen-bond acceptors (Lipinski definition) is 4. The minimum atomic E-state index is -0.399. The van der Waals surface area contributed by atoms with Crippen molar-refractivity contribution in [3.63, 3.8) is 0 Å². The molecule has 0 radical (unpaired) electrons. The summed E-state index contributed by atoms with van der Waals surface area (Å²) in [4.78, 5) is 14.9. The van der Waals surface area contributed by atoms with Crippen LogP contribution in [0.25, 0.3) is 5.57 Å². The van der Waals surface area contributed by atoms with Crippen LogP contribution in [0.3, 0.4) is 0 Å². The Morgan fingerprint density at radius 1 is 0.839 bits per heavy atom. The predicted molar refractivity (Wildman–Crippen MR) is 120 cm³/mol. The summed E-state index contributed by atoms with van der Waals surface area (Å²) >= 11 is 0. The molecule has 3 aromatic rings. The predicted octanol–water partition coefficient (Wildman–Crippen LogP) is 5.07. The first-order valence-corrected chi connectivity index (χ1v) is 10.1. The number of benzene rings is 3. The van der Waals surface area contributed by atoms with Crippen molar-refractivity contribution in [3.05, 3.63) is 101 Å². The number of nitrogens with zero attached hydrogens (tertiary/aromatic N) is 1. The van der Waals surface area contributed by atoms with Crippen molar-refractivity contribution in [1.29, 1.82) is 0 Å². The molecule has 158 valence electrons. The number of carbonyl (C=O) groups is 1. The number of amides is 1. The third-order valence-electron chi connectivity index (χ3n) is 5.61. The van der Waals surface area contributed by atoms with E-state index in [2.05, 4.69) is 0 Å². The zero-order valence-corrected chi connectivity index (χ0v) is 17.8.